The molecule has 1 aliphatic rings. The molecule has 0 spiro atoms. The molecule has 0 radical (unpaired) electrons. The van der Waals surface area contributed by atoms with Crippen LogP contribution in [0.3, 0.4) is 0 Å². The summed E-state index contributed by atoms with van der Waals surface area (Å²) in [6, 6.07) is 13.6. The van der Waals surface area contributed by atoms with Gasteiger partial charge in [-0.25, -0.2) is 4.39 Å². The van der Waals surface area contributed by atoms with Gasteiger partial charge in [-0.3, -0.25) is 9.59 Å². The summed E-state index contributed by atoms with van der Waals surface area (Å²) in [5.74, 6) is -0.503. The minimum atomic E-state index is -0.509. The Kier molecular flexibility index (Phi) is 7.44. The third-order valence-electron chi connectivity index (χ3n) is 5.75. The minimum absolute atomic E-state index is 0.0141. The maximum absolute atomic E-state index is 13.8. The highest BCUT2D eigenvalue weighted by molar-refractivity contribution is 5.99. The Morgan fingerprint density at radius 3 is 2.33 bits per heavy atom. The fourth-order valence-corrected chi connectivity index (χ4v) is 3.62. The summed E-state index contributed by atoms with van der Waals surface area (Å²) in [5.41, 5.74) is 1.66. The van der Waals surface area contributed by atoms with Crippen molar-refractivity contribution >= 4 is 17.5 Å². The molecule has 0 bridgehead atoms. The topological polar surface area (TPSA) is 61.4 Å². The van der Waals surface area contributed by atoms with Gasteiger partial charge in [0.05, 0.1) is 11.1 Å². The molecule has 2 N–H and O–H groups in total. The van der Waals surface area contributed by atoms with Gasteiger partial charge in [0.1, 0.15) is 5.82 Å². The van der Waals surface area contributed by atoms with Crippen LogP contribution in [0.15, 0.2) is 48.5 Å². The van der Waals surface area contributed by atoms with Crippen LogP contribution in [0.2, 0.25) is 0 Å². The number of nitrogens with one attached hydrogen (secondary N) is 2. The molecule has 3 rings (SSSR count). The molecule has 0 aromatic heterocycles. The van der Waals surface area contributed by atoms with Crippen molar-refractivity contribution in [3.63, 3.8) is 0 Å². The lowest BCUT2D eigenvalue weighted by Gasteiger charge is -2.35. The molecule has 1 saturated heterocycles. The van der Waals surface area contributed by atoms with Gasteiger partial charge in [0.15, 0.2) is 0 Å². The lowest BCUT2D eigenvalue weighted by molar-refractivity contribution is 0.0925. The van der Waals surface area contributed by atoms with Gasteiger partial charge >= 0.3 is 0 Å². The molecule has 1 unspecified atom stereocenters. The van der Waals surface area contributed by atoms with E-state index in [0.29, 0.717) is 18.0 Å². The number of anilines is 1. The van der Waals surface area contributed by atoms with Crippen molar-refractivity contribution in [1.82, 2.24) is 10.6 Å². The van der Waals surface area contributed by atoms with E-state index in [9.17, 15) is 14.0 Å². The van der Waals surface area contributed by atoms with Crippen molar-refractivity contribution in [3.05, 3.63) is 65.5 Å². The van der Waals surface area contributed by atoms with E-state index in [-0.39, 0.29) is 23.4 Å². The van der Waals surface area contributed by atoms with Crippen molar-refractivity contribution in [1.29, 1.82) is 0 Å². The van der Waals surface area contributed by atoms with Crippen LogP contribution >= 0.6 is 0 Å². The molecular weight excluding hydrogens is 381 g/mol. The van der Waals surface area contributed by atoms with Gasteiger partial charge in [0, 0.05) is 31.4 Å². The van der Waals surface area contributed by atoms with Gasteiger partial charge in [0.25, 0.3) is 11.8 Å². The normalized spacial score (nSPS) is 15.5. The predicted octanol–water partition coefficient (Wildman–Crippen LogP) is 4.00. The Labute approximate surface area is 177 Å². The van der Waals surface area contributed by atoms with Gasteiger partial charge in [-0.05, 0) is 43.0 Å². The zero-order valence-corrected chi connectivity index (χ0v) is 17.7. The van der Waals surface area contributed by atoms with Gasteiger partial charge in [-0.1, -0.05) is 44.5 Å². The largest absolute Gasteiger partial charge is 0.371 e. The smallest absolute Gasteiger partial charge is 0.254 e. The number of hydrogen-bond donors (Lipinski definition) is 2. The highest BCUT2D eigenvalue weighted by atomic mass is 19.1. The second-order valence-corrected chi connectivity index (χ2v) is 7.96. The number of rotatable bonds is 7. The van der Waals surface area contributed by atoms with Crippen LogP contribution in [-0.4, -0.2) is 37.5 Å². The van der Waals surface area contributed by atoms with Crippen molar-refractivity contribution in [2.24, 2.45) is 5.92 Å². The average molecular weight is 412 g/mol. The fraction of sp³-hybridized carbons (Fsp3) is 0.417. The Bertz CT molecular complexity index is 878. The number of benzene rings is 2. The zero-order chi connectivity index (χ0) is 21.5. The molecule has 30 heavy (non-hydrogen) atoms. The van der Waals surface area contributed by atoms with E-state index >= 15 is 0 Å². The molecule has 160 valence electrons. The molecule has 2 amide bonds. The van der Waals surface area contributed by atoms with Crippen LogP contribution in [-0.2, 0) is 0 Å². The quantitative estimate of drug-likeness (QED) is 0.724. The summed E-state index contributed by atoms with van der Waals surface area (Å²) in [5, 5.41) is 5.97. The lowest BCUT2D eigenvalue weighted by Crippen LogP contribution is -2.45. The van der Waals surface area contributed by atoms with Crippen LogP contribution in [0.5, 0.6) is 0 Å². The maximum atomic E-state index is 13.8. The molecular formula is C24H30FN3O2. The van der Waals surface area contributed by atoms with Crippen molar-refractivity contribution in [2.45, 2.75) is 39.2 Å². The van der Waals surface area contributed by atoms with Gasteiger partial charge in [-0.15, -0.1) is 0 Å². The highest BCUT2D eigenvalue weighted by Gasteiger charge is 2.24. The second-order valence-electron chi connectivity index (χ2n) is 7.96. The molecule has 2 aromatic carbocycles. The summed E-state index contributed by atoms with van der Waals surface area (Å²) in [7, 11) is 0. The number of para-hydroxylation sites is 1. The van der Waals surface area contributed by atoms with Crippen LogP contribution < -0.4 is 15.5 Å². The van der Waals surface area contributed by atoms with Crippen molar-refractivity contribution in [2.75, 3.05) is 24.5 Å². The summed E-state index contributed by atoms with van der Waals surface area (Å²) in [6.07, 6.45) is 2.50. The van der Waals surface area contributed by atoms with Crippen LogP contribution in [0.1, 0.15) is 53.8 Å². The summed E-state index contributed by atoms with van der Waals surface area (Å²) < 4.78 is 13.8. The van der Waals surface area contributed by atoms with Crippen LogP contribution in [0, 0.1) is 11.7 Å². The van der Waals surface area contributed by atoms with E-state index < -0.39 is 5.82 Å². The molecule has 1 fully saturated rings. The van der Waals surface area contributed by atoms with E-state index in [4.69, 9.17) is 0 Å². The number of amides is 2. The number of carbonyl (C=O) groups excluding carboxylic acids is 2. The summed E-state index contributed by atoms with van der Waals surface area (Å²) in [6.45, 7) is 6.33. The van der Waals surface area contributed by atoms with Crippen LogP contribution in [0.25, 0.3) is 0 Å². The molecule has 6 heteroatoms. The van der Waals surface area contributed by atoms with E-state index in [1.54, 1.807) is 12.1 Å². The number of halogens is 1. The number of hydrogen-bond acceptors (Lipinski definition) is 3. The van der Waals surface area contributed by atoms with E-state index in [1.807, 2.05) is 24.3 Å². The molecule has 2 aromatic rings. The van der Waals surface area contributed by atoms with Crippen molar-refractivity contribution in [3.8, 4) is 0 Å². The summed E-state index contributed by atoms with van der Waals surface area (Å²) >= 11 is 0. The second kappa shape index (κ2) is 10.2. The third kappa shape index (κ3) is 5.38. The highest BCUT2D eigenvalue weighted by Crippen LogP contribution is 2.24. The van der Waals surface area contributed by atoms with Gasteiger partial charge in [-0.2, -0.15) is 0 Å². The number of piperidine rings is 1. The van der Waals surface area contributed by atoms with E-state index in [2.05, 4.69) is 29.4 Å². The SMILES string of the molecule is CCC(C)CNC(=O)c1ccccc1N1CCC(NC(=O)c2ccccc2F)CC1. The van der Waals surface area contributed by atoms with Crippen LogP contribution in [0.4, 0.5) is 10.1 Å². The lowest BCUT2D eigenvalue weighted by atomic mass is 10.0. The fourth-order valence-electron chi connectivity index (χ4n) is 3.62. The zero-order valence-electron chi connectivity index (χ0n) is 17.7. The van der Waals surface area contributed by atoms with Gasteiger partial charge < -0.3 is 15.5 Å². The first kappa shape index (κ1) is 21.8. The Balaban J connectivity index is 1.59. The Hall–Kier alpha value is -2.89. The molecule has 1 aliphatic heterocycles. The number of nitrogens with zero attached hydrogens (tertiary/aromatic N) is 1. The predicted molar refractivity (Wildman–Crippen MR) is 117 cm³/mol. The van der Waals surface area contributed by atoms with E-state index in [0.717, 1.165) is 38.0 Å². The summed E-state index contributed by atoms with van der Waals surface area (Å²) in [4.78, 5) is 27.2. The first-order valence-electron chi connectivity index (χ1n) is 10.7. The third-order valence-corrected chi connectivity index (χ3v) is 5.75. The average Bonchev–Trinajstić information content (AvgIpc) is 2.78. The molecule has 1 heterocycles. The minimum Gasteiger partial charge on any atom is -0.371 e. The first-order chi connectivity index (χ1) is 14.5. The molecule has 1 atom stereocenters. The monoisotopic (exact) mass is 411 g/mol. The molecule has 0 saturated carbocycles. The van der Waals surface area contributed by atoms with Crippen molar-refractivity contribution < 1.29 is 14.0 Å². The molecule has 0 aliphatic carbocycles. The Morgan fingerprint density at radius 2 is 1.67 bits per heavy atom. The first-order valence-corrected chi connectivity index (χ1v) is 10.7. The molecule has 5 nitrogen and oxygen atoms in total. The Morgan fingerprint density at radius 1 is 1.03 bits per heavy atom. The van der Waals surface area contributed by atoms with E-state index in [1.165, 1.54) is 12.1 Å². The number of carbonyl (C=O) groups is 2. The maximum Gasteiger partial charge on any atom is 0.254 e. The van der Waals surface area contributed by atoms with Gasteiger partial charge in [0.2, 0.25) is 0 Å². The standard InChI is InChI=1S/C24H30FN3O2/c1-3-17(2)16-26-23(29)20-9-5-7-11-22(20)28-14-12-18(13-15-28)27-24(30)19-8-4-6-10-21(19)25/h4-11,17-18H,3,12-16H2,1-2H3,(H,26,29)(H,27,30).